The zero-order valence-electron chi connectivity index (χ0n) is 15.1. The van der Waals surface area contributed by atoms with Crippen LogP contribution in [0.25, 0.3) is 5.69 Å². The monoisotopic (exact) mass is 374 g/mol. The van der Waals surface area contributed by atoms with Gasteiger partial charge in [-0.25, -0.2) is 9.97 Å². The molecule has 27 heavy (non-hydrogen) atoms. The second-order valence-corrected chi connectivity index (χ2v) is 7.86. The molecule has 2 aromatic heterocycles. The van der Waals surface area contributed by atoms with Crippen molar-refractivity contribution >= 4 is 11.8 Å². The number of nitrogens with zero attached hydrogens (tertiary/aromatic N) is 4. The van der Waals surface area contributed by atoms with E-state index in [9.17, 15) is 0 Å². The summed E-state index contributed by atoms with van der Waals surface area (Å²) >= 11 is 1.94. The number of rotatable bonds is 8. The topological polar surface area (TPSA) is 35.6 Å². The van der Waals surface area contributed by atoms with Crippen LogP contribution in [-0.2, 0) is 13.0 Å². The molecule has 136 valence electrons. The molecule has 0 spiro atoms. The number of aryl methyl sites for hydroxylation is 1. The molecule has 0 aliphatic rings. The van der Waals surface area contributed by atoms with Crippen molar-refractivity contribution in [2.24, 2.45) is 0 Å². The lowest BCUT2D eigenvalue weighted by Crippen LogP contribution is -2.13. The highest BCUT2D eigenvalue weighted by Crippen LogP contribution is 2.28. The molecule has 2 aromatic carbocycles. The van der Waals surface area contributed by atoms with Crippen LogP contribution in [-0.4, -0.2) is 24.4 Å². The van der Waals surface area contributed by atoms with E-state index >= 15 is 0 Å². The molecule has 5 heteroatoms. The lowest BCUT2D eigenvalue weighted by Gasteiger charge is -2.17. The zero-order valence-corrected chi connectivity index (χ0v) is 15.9. The van der Waals surface area contributed by atoms with Gasteiger partial charge in [-0.05, 0) is 42.7 Å². The molecule has 1 unspecified atom stereocenters. The van der Waals surface area contributed by atoms with Gasteiger partial charge >= 0.3 is 0 Å². The molecule has 0 saturated carbocycles. The Morgan fingerprint density at radius 3 is 2.33 bits per heavy atom. The van der Waals surface area contributed by atoms with Crippen molar-refractivity contribution in [3.05, 3.63) is 97.6 Å². The highest BCUT2D eigenvalue weighted by atomic mass is 32.2. The van der Waals surface area contributed by atoms with E-state index in [0.717, 1.165) is 25.1 Å². The maximum Gasteiger partial charge on any atom is 0.0991 e. The molecule has 2 heterocycles. The van der Waals surface area contributed by atoms with Crippen molar-refractivity contribution in [2.45, 2.75) is 29.5 Å². The molecule has 1 atom stereocenters. The smallest absolute Gasteiger partial charge is 0.0991 e. The van der Waals surface area contributed by atoms with Crippen LogP contribution < -0.4 is 0 Å². The van der Waals surface area contributed by atoms with Gasteiger partial charge in [0.05, 0.1) is 12.7 Å². The molecule has 4 nitrogen and oxygen atoms in total. The van der Waals surface area contributed by atoms with Gasteiger partial charge < -0.3 is 9.13 Å². The van der Waals surface area contributed by atoms with Crippen LogP contribution in [0.15, 0.2) is 96.9 Å². The minimum Gasteiger partial charge on any atom is -0.336 e. The molecule has 0 radical (unpaired) electrons. The molecule has 0 N–H and O–H groups in total. The van der Waals surface area contributed by atoms with E-state index in [-0.39, 0.29) is 0 Å². The normalized spacial score (nSPS) is 12.1. The van der Waals surface area contributed by atoms with Crippen molar-refractivity contribution in [3.8, 4) is 5.69 Å². The highest BCUT2D eigenvalue weighted by Gasteiger charge is 2.12. The molecule has 0 amide bonds. The van der Waals surface area contributed by atoms with Crippen LogP contribution in [0.2, 0.25) is 0 Å². The Bertz CT molecular complexity index is 916. The minimum absolute atomic E-state index is 0.485. The van der Waals surface area contributed by atoms with Crippen LogP contribution in [0.3, 0.4) is 0 Å². The van der Waals surface area contributed by atoms with Crippen LogP contribution in [0.1, 0.15) is 12.0 Å². The van der Waals surface area contributed by atoms with E-state index in [1.165, 1.54) is 10.5 Å². The third-order valence-corrected chi connectivity index (χ3v) is 5.78. The minimum atomic E-state index is 0.485. The fraction of sp³-hybridized carbons (Fsp3) is 0.182. The summed E-state index contributed by atoms with van der Waals surface area (Å²) in [4.78, 5) is 9.59. The van der Waals surface area contributed by atoms with E-state index in [1.807, 2.05) is 47.6 Å². The van der Waals surface area contributed by atoms with E-state index in [2.05, 4.69) is 69.1 Å². The Labute approximate surface area is 163 Å². The standard InChI is InChI=1S/C22H22N4S/c1-2-4-19(5-3-1)6-9-22(16-25-14-12-23-17-25)27-21-10-7-20(8-11-21)26-15-13-24-18-26/h1-5,7-8,10-15,17-18,22H,6,9,16H2. The zero-order chi connectivity index (χ0) is 18.3. The van der Waals surface area contributed by atoms with E-state index in [4.69, 9.17) is 0 Å². The Hall–Kier alpha value is -2.79. The summed E-state index contributed by atoms with van der Waals surface area (Å²) < 4.78 is 4.19. The lowest BCUT2D eigenvalue weighted by molar-refractivity contribution is 0.624. The van der Waals surface area contributed by atoms with Crippen LogP contribution in [0.4, 0.5) is 0 Å². The maximum absolute atomic E-state index is 4.19. The van der Waals surface area contributed by atoms with Crippen molar-refractivity contribution in [2.75, 3.05) is 0 Å². The maximum atomic E-state index is 4.19. The summed E-state index contributed by atoms with van der Waals surface area (Å²) in [6.45, 7) is 0.959. The quantitative estimate of drug-likeness (QED) is 0.413. The van der Waals surface area contributed by atoms with Crippen LogP contribution >= 0.6 is 11.8 Å². The summed E-state index contributed by atoms with van der Waals surface area (Å²) in [5.41, 5.74) is 2.52. The lowest BCUT2D eigenvalue weighted by atomic mass is 10.1. The van der Waals surface area contributed by atoms with Crippen molar-refractivity contribution < 1.29 is 0 Å². The fourth-order valence-corrected chi connectivity index (χ4v) is 4.25. The number of aromatic nitrogens is 4. The largest absolute Gasteiger partial charge is 0.336 e. The van der Waals surface area contributed by atoms with Crippen molar-refractivity contribution in [3.63, 3.8) is 0 Å². The summed E-state index contributed by atoms with van der Waals surface area (Å²) in [6, 6.07) is 19.4. The average Bonchev–Trinajstić information content (AvgIpc) is 3.42. The van der Waals surface area contributed by atoms with Gasteiger partial charge in [0, 0.05) is 47.2 Å². The first kappa shape index (κ1) is 17.6. The van der Waals surface area contributed by atoms with Crippen LogP contribution in [0, 0.1) is 0 Å². The van der Waals surface area contributed by atoms with Gasteiger partial charge in [0.15, 0.2) is 0 Å². The fourth-order valence-electron chi connectivity index (χ4n) is 3.09. The molecular formula is C22H22N4S. The van der Waals surface area contributed by atoms with Gasteiger partial charge in [-0.15, -0.1) is 11.8 Å². The number of imidazole rings is 2. The molecular weight excluding hydrogens is 352 g/mol. The van der Waals surface area contributed by atoms with Gasteiger partial charge in [-0.2, -0.15) is 0 Å². The Kier molecular flexibility index (Phi) is 5.70. The molecule has 0 aliphatic heterocycles. The van der Waals surface area contributed by atoms with Gasteiger partial charge in [-0.1, -0.05) is 30.3 Å². The summed E-state index contributed by atoms with van der Waals surface area (Å²) in [6.07, 6.45) is 13.6. The Balaban J connectivity index is 1.44. The van der Waals surface area contributed by atoms with Crippen LogP contribution in [0.5, 0.6) is 0 Å². The molecule has 4 aromatic rings. The number of hydrogen-bond donors (Lipinski definition) is 0. The third kappa shape index (κ3) is 4.89. The predicted molar refractivity (Wildman–Crippen MR) is 110 cm³/mol. The summed E-state index contributed by atoms with van der Waals surface area (Å²) in [7, 11) is 0. The van der Waals surface area contributed by atoms with Gasteiger partial charge in [0.25, 0.3) is 0 Å². The highest BCUT2D eigenvalue weighted by molar-refractivity contribution is 8.00. The Morgan fingerprint density at radius 1 is 0.852 bits per heavy atom. The van der Waals surface area contributed by atoms with E-state index in [1.54, 1.807) is 6.20 Å². The Morgan fingerprint density at radius 2 is 1.63 bits per heavy atom. The molecule has 0 saturated heterocycles. The number of thioether (sulfide) groups is 1. The van der Waals surface area contributed by atoms with Gasteiger partial charge in [-0.3, -0.25) is 0 Å². The second kappa shape index (κ2) is 8.73. The number of hydrogen-bond acceptors (Lipinski definition) is 3. The molecule has 0 fully saturated rings. The molecule has 0 aliphatic carbocycles. The first-order chi connectivity index (χ1) is 13.4. The predicted octanol–water partition coefficient (Wildman–Crippen LogP) is 4.86. The molecule has 4 rings (SSSR count). The van der Waals surface area contributed by atoms with E-state index in [0.29, 0.717) is 5.25 Å². The molecule has 0 bridgehead atoms. The third-order valence-electron chi connectivity index (χ3n) is 4.51. The summed E-state index contributed by atoms with van der Waals surface area (Å²) in [5.74, 6) is 0. The first-order valence-electron chi connectivity index (χ1n) is 9.11. The summed E-state index contributed by atoms with van der Waals surface area (Å²) in [5, 5.41) is 0.485. The average molecular weight is 375 g/mol. The van der Waals surface area contributed by atoms with Gasteiger partial charge in [0.2, 0.25) is 0 Å². The number of benzene rings is 2. The van der Waals surface area contributed by atoms with Gasteiger partial charge in [0.1, 0.15) is 0 Å². The first-order valence-corrected chi connectivity index (χ1v) is 9.99. The van der Waals surface area contributed by atoms with Crippen molar-refractivity contribution in [1.82, 2.24) is 19.1 Å². The van der Waals surface area contributed by atoms with Crippen molar-refractivity contribution in [1.29, 1.82) is 0 Å². The SMILES string of the molecule is c1ccc(CCC(Cn2ccnc2)Sc2ccc(-n3ccnc3)cc2)cc1. The second-order valence-electron chi connectivity index (χ2n) is 6.49. The van der Waals surface area contributed by atoms with E-state index < -0.39 is 0 Å².